The standard InChI is InChI=1S/C13H17BrN2OS/c1-3-6-15-10(11-4-5-12(14)17-11)7-13-16-9(2)8-18-13/h4-5,8,10,15H,3,6-7H2,1-2H3. The highest BCUT2D eigenvalue weighted by atomic mass is 79.9. The van der Waals surface area contributed by atoms with E-state index in [1.807, 2.05) is 19.1 Å². The summed E-state index contributed by atoms with van der Waals surface area (Å²) in [5, 5.41) is 6.74. The Morgan fingerprint density at radius 1 is 1.50 bits per heavy atom. The lowest BCUT2D eigenvalue weighted by molar-refractivity contribution is 0.399. The molecule has 0 aliphatic heterocycles. The molecule has 0 spiro atoms. The molecule has 0 fully saturated rings. The van der Waals surface area contributed by atoms with Crippen molar-refractivity contribution in [2.45, 2.75) is 32.7 Å². The lowest BCUT2D eigenvalue weighted by Crippen LogP contribution is -2.23. The number of thiazole rings is 1. The number of hydrogen-bond acceptors (Lipinski definition) is 4. The summed E-state index contributed by atoms with van der Waals surface area (Å²) in [6.45, 7) is 5.17. The SMILES string of the molecule is CCCNC(Cc1nc(C)cs1)c1ccc(Br)o1. The molecule has 0 radical (unpaired) electrons. The molecule has 5 heteroatoms. The van der Waals surface area contributed by atoms with E-state index >= 15 is 0 Å². The Morgan fingerprint density at radius 3 is 2.89 bits per heavy atom. The zero-order chi connectivity index (χ0) is 13.0. The zero-order valence-corrected chi connectivity index (χ0v) is 13.0. The van der Waals surface area contributed by atoms with Crippen LogP contribution in [-0.2, 0) is 6.42 Å². The van der Waals surface area contributed by atoms with Crippen molar-refractivity contribution in [2.24, 2.45) is 0 Å². The highest BCUT2D eigenvalue weighted by molar-refractivity contribution is 9.10. The predicted octanol–water partition coefficient (Wildman–Crippen LogP) is 4.09. The highest BCUT2D eigenvalue weighted by Gasteiger charge is 2.16. The molecule has 0 bridgehead atoms. The van der Waals surface area contributed by atoms with Gasteiger partial charge in [0.25, 0.3) is 0 Å². The second kappa shape index (κ2) is 6.50. The molecule has 0 saturated heterocycles. The second-order valence-electron chi connectivity index (χ2n) is 4.24. The average Bonchev–Trinajstić information content (AvgIpc) is 2.93. The molecule has 98 valence electrons. The third-order valence-corrected chi connectivity index (χ3v) is 4.04. The van der Waals surface area contributed by atoms with E-state index in [9.17, 15) is 0 Å². The molecule has 2 heterocycles. The van der Waals surface area contributed by atoms with Gasteiger partial charge in [-0.2, -0.15) is 0 Å². The summed E-state index contributed by atoms with van der Waals surface area (Å²) in [5.41, 5.74) is 1.09. The van der Waals surface area contributed by atoms with E-state index in [4.69, 9.17) is 4.42 Å². The van der Waals surface area contributed by atoms with Crippen molar-refractivity contribution in [3.63, 3.8) is 0 Å². The van der Waals surface area contributed by atoms with Gasteiger partial charge in [0, 0.05) is 17.5 Å². The number of nitrogens with one attached hydrogen (secondary N) is 1. The van der Waals surface area contributed by atoms with Crippen molar-refractivity contribution in [2.75, 3.05) is 6.54 Å². The van der Waals surface area contributed by atoms with Crippen LogP contribution in [0, 0.1) is 6.92 Å². The Labute approximate surface area is 120 Å². The third kappa shape index (κ3) is 3.67. The van der Waals surface area contributed by atoms with Crippen LogP contribution in [-0.4, -0.2) is 11.5 Å². The quantitative estimate of drug-likeness (QED) is 0.867. The first-order valence-electron chi connectivity index (χ1n) is 6.08. The number of hydrogen-bond donors (Lipinski definition) is 1. The topological polar surface area (TPSA) is 38.1 Å². The van der Waals surface area contributed by atoms with Crippen LogP contribution in [0.1, 0.15) is 35.8 Å². The molecule has 1 unspecified atom stereocenters. The van der Waals surface area contributed by atoms with E-state index in [0.29, 0.717) is 0 Å². The molecule has 1 N–H and O–H groups in total. The van der Waals surface area contributed by atoms with Crippen molar-refractivity contribution in [3.8, 4) is 0 Å². The maximum Gasteiger partial charge on any atom is 0.169 e. The fourth-order valence-corrected chi connectivity index (χ4v) is 2.92. The summed E-state index contributed by atoms with van der Waals surface area (Å²) in [4.78, 5) is 4.52. The Bertz CT molecular complexity index is 495. The van der Waals surface area contributed by atoms with E-state index in [2.05, 4.69) is 38.5 Å². The normalized spacial score (nSPS) is 12.8. The van der Waals surface area contributed by atoms with Crippen LogP contribution < -0.4 is 5.32 Å². The molecule has 0 aromatic carbocycles. The van der Waals surface area contributed by atoms with Crippen LogP contribution in [0.15, 0.2) is 26.6 Å². The highest BCUT2D eigenvalue weighted by Crippen LogP contribution is 2.24. The molecule has 1 atom stereocenters. The van der Waals surface area contributed by atoms with Crippen molar-refractivity contribution in [1.29, 1.82) is 0 Å². The average molecular weight is 329 g/mol. The summed E-state index contributed by atoms with van der Waals surface area (Å²) >= 11 is 5.06. The second-order valence-corrected chi connectivity index (χ2v) is 5.96. The number of nitrogens with zero attached hydrogens (tertiary/aromatic N) is 1. The van der Waals surface area contributed by atoms with Crippen molar-refractivity contribution < 1.29 is 4.42 Å². The van der Waals surface area contributed by atoms with Gasteiger partial charge in [0.1, 0.15) is 5.76 Å². The molecule has 18 heavy (non-hydrogen) atoms. The van der Waals surface area contributed by atoms with Crippen molar-refractivity contribution in [1.82, 2.24) is 10.3 Å². The Balaban J connectivity index is 2.09. The molecule has 2 rings (SSSR count). The lowest BCUT2D eigenvalue weighted by Gasteiger charge is -2.14. The van der Waals surface area contributed by atoms with Gasteiger partial charge in [0.15, 0.2) is 4.67 Å². The van der Waals surface area contributed by atoms with Crippen LogP contribution in [0.2, 0.25) is 0 Å². The summed E-state index contributed by atoms with van der Waals surface area (Å²) in [7, 11) is 0. The third-order valence-electron chi connectivity index (χ3n) is 2.62. The van der Waals surface area contributed by atoms with Crippen LogP contribution in [0.4, 0.5) is 0 Å². The van der Waals surface area contributed by atoms with E-state index in [-0.39, 0.29) is 6.04 Å². The Morgan fingerprint density at radius 2 is 2.33 bits per heavy atom. The molecule has 0 saturated carbocycles. The zero-order valence-electron chi connectivity index (χ0n) is 10.6. The van der Waals surface area contributed by atoms with Gasteiger partial charge in [0.05, 0.1) is 11.0 Å². The van der Waals surface area contributed by atoms with E-state index in [0.717, 1.165) is 40.5 Å². The molecular weight excluding hydrogens is 312 g/mol. The minimum atomic E-state index is 0.196. The summed E-state index contributed by atoms with van der Waals surface area (Å²) in [5.74, 6) is 0.961. The van der Waals surface area contributed by atoms with Gasteiger partial charge in [-0.3, -0.25) is 0 Å². The van der Waals surface area contributed by atoms with E-state index < -0.39 is 0 Å². The smallest absolute Gasteiger partial charge is 0.169 e. The Kier molecular flexibility index (Phi) is 4.97. The van der Waals surface area contributed by atoms with Gasteiger partial charge < -0.3 is 9.73 Å². The maximum absolute atomic E-state index is 5.65. The van der Waals surface area contributed by atoms with E-state index in [1.165, 1.54) is 0 Å². The first-order valence-corrected chi connectivity index (χ1v) is 7.76. The number of aromatic nitrogens is 1. The molecule has 3 nitrogen and oxygen atoms in total. The van der Waals surface area contributed by atoms with E-state index in [1.54, 1.807) is 11.3 Å². The molecule has 0 amide bonds. The first-order chi connectivity index (χ1) is 8.69. The number of furan rings is 1. The monoisotopic (exact) mass is 328 g/mol. The van der Waals surface area contributed by atoms with Gasteiger partial charge in [-0.15, -0.1) is 11.3 Å². The van der Waals surface area contributed by atoms with Gasteiger partial charge in [-0.25, -0.2) is 4.98 Å². The first kappa shape index (κ1) is 13.8. The maximum atomic E-state index is 5.65. The number of aryl methyl sites for hydroxylation is 1. The predicted molar refractivity (Wildman–Crippen MR) is 78.0 cm³/mol. The molecule has 2 aromatic heterocycles. The van der Waals surface area contributed by atoms with Gasteiger partial charge in [-0.1, -0.05) is 6.92 Å². The largest absolute Gasteiger partial charge is 0.453 e. The molecular formula is C13H17BrN2OS. The van der Waals surface area contributed by atoms with Crippen LogP contribution >= 0.6 is 27.3 Å². The molecule has 0 aliphatic carbocycles. The molecule has 2 aromatic rings. The summed E-state index contributed by atoms with van der Waals surface area (Å²) < 4.78 is 6.43. The van der Waals surface area contributed by atoms with Gasteiger partial charge in [-0.05, 0) is 48.0 Å². The van der Waals surface area contributed by atoms with Crippen LogP contribution in [0.5, 0.6) is 0 Å². The Hall–Kier alpha value is -0.650. The number of rotatable bonds is 6. The van der Waals surface area contributed by atoms with Gasteiger partial charge in [0.2, 0.25) is 0 Å². The minimum Gasteiger partial charge on any atom is -0.453 e. The fraction of sp³-hybridized carbons (Fsp3) is 0.462. The number of halogens is 1. The summed E-state index contributed by atoms with van der Waals surface area (Å²) in [6, 6.07) is 4.14. The fourth-order valence-electron chi connectivity index (χ4n) is 1.78. The minimum absolute atomic E-state index is 0.196. The van der Waals surface area contributed by atoms with Crippen LogP contribution in [0.3, 0.4) is 0 Å². The lowest BCUT2D eigenvalue weighted by atomic mass is 10.1. The van der Waals surface area contributed by atoms with Crippen molar-refractivity contribution >= 4 is 27.3 Å². The van der Waals surface area contributed by atoms with Crippen molar-refractivity contribution in [3.05, 3.63) is 38.6 Å². The molecule has 0 aliphatic rings. The van der Waals surface area contributed by atoms with Crippen LogP contribution in [0.25, 0.3) is 0 Å². The van der Waals surface area contributed by atoms with Gasteiger partial charge >= 0.3 is 0 Å². The summed E-state index contributed by atoms with van der Waals surface area (Å²) in [6.07, 6.45) is 1.98.